The number of benzene rings is 2. The van der Waals surface area contributed by atoms with E-state index in [1.54, 1.807) is 31.2 Å². The van der Waals surface area contributed by atoms with Crippen molar-refractivity contribution in [3.05, 3.63) is 76.8 Å². The molecule has 0 aliphatic carbocycles. The first-order valence-corrected chi connectivity index (χ1v) is 8.76. The van der Waals surface area contributed by atoms with Gasteiger partial charge in [0.05, 0.1) is 5.69 Å². The molecule has 0 aliphatic rings. The second kappa shape index (κ2) is 7.47. The van der Waals surface area contributed by atoms with Gasteiger partial charge in [-0.15, -0.1) is 5.10 Å². The quantitative estimate of drug-likeness (QED) is 0.573. The predicted molar refractivity (Wildman–Crippen MR) is 105 cm³/mol. The summed E-state index contributed by atoms with van der Waals surface area (Å²) >= 11 is 0. The monoisotopic (exact) mass is 391 g/mol. The molecule has 0 unspecified atom stereocenters. The summed E-state index contributed by atoms with van der Waals surface area (Å²) in [6.07, 6.45) is -0.676. The summed E-state index contributed by atoms with van der Waals surface area (Å²) in [5, 5.41) is 11.3. The molecule has 0 saturated heterocycles. The molecule has 2 aromatic heterocycles. The van der Waals surface area contributed by atoms with Gasteiger partial charge in [-0.05, 0) is 31.2 Å². The summed E-state index contributed by atoms with van der Waals surface area (Å²) in [6.45, 7) is 1.74. The molecule has 9 nitrogen and oxygen atoms in total. The lowest BCUT2D eigenvalue weighted by molar-refractivity contribution is 0.215. The lowest BCUT2D eigenvalue weighted by atomic mass is 10.2. The maximum absolute atomic E-state index is 12.5. The maximum Gasteiger partial charge on any atom is 0.437 e. The van der Waals surface area contributed by atoms with Crippen LogP contribution in [-0.4, -0.2) is 25.7 Å². The van der Waals surface area contributed by atoms with Gasteiger partial charge in [-0.2, -0.15) is 9.78 Å². The average molecular weight is 391 g/mol. The number of nitrogens with one attached hydrogen (secondary N) is 1. The van der Waals surface area contributed by atoms with Crippen LogP contribution in [0.1, 0.15) is 5.56 Å². The van der Waals surface area contributed by atoms with E-state index in [-0.39, 0.29) is 5.89 Å². The van der Waals surface area contributed by atoms with Crippen LogP contribution < -0.4 is 15.8 Å². The lowest BCUT2D eigenvalue weighted by Gasteiger charge is -2.10. The Balaban J connectivity index is 1.74. The molecular formula is C20H17N5O4. The van der Waals surface area contributed by atoms with Gasteiger partial charge in [0, 0.05) is 12.6 Å². The van der Waals surface area contributed by atoms with Gasteiger partial charge in [0.25, 0.3) is 5.89 Å². The number of aryl methyl sites for hydroxylation is 1. The SMILES string of the molecule is Cc1c(-c2nn(C)c(=O)o2)nn(-c2ccccc2)c1NC(=O)Oc1ccccc1. The second-order valence-corrected chi connectivity index (χ2v) is 6.19. The first-order chi connectivity index (χ1) is 14.0. The van der Waals surface area contributed by atoms with E-state index in [9.17, 15) is 9.59 Å². The molecule has 0 saturated carbocycles. The molecule has 9 heteroatoms. The normalized spacial score (nSPS) is 10.7. The van der Waals surface area contributed by atoms with Gasteiger partial charge in [-0.25, -0.2) is 14.3 Å². The van der Waals surface area contributed by atoms with Crippen LogP contribution in [-0.2, 0) is 7.05 Å². The van der Waals surface area contributed by atoms with Crippen LogP contribution in [0.25, 0.3) is 17.3 Å². The fraction of sp³-hybridized carbons (Fsp3) is 0.100. The molecule has 1 N–H and O–H groups in total. The van der Waals surface area contributed by atoms with E-state index >= 15 is 0 Å². The zero-order valence-corrected chi connectivity index (χ0v) is 15.7. The third-order valence-electron chi connectivity index (χ3n) is 4.19. The van der Waals surface area contributed by atoms with Crippen LogP contribution in [0.2, 0.25) is 0 Å². The van der Waals surface area contributed by atoms with Crippen molar-refractivity contribution in [2.24, 2.45) is 7.05 Å². The molecule has 0 atom stereocenters. The first-order valence-electron chi connectivity index (χ1n) is 8.76. The van der Waals surface area contributed by atoms with Crippen LogP contribution in [0.4, 0.5) is 10.6 Å². The van der Waals surface area contributed by atoms with Crippen molar-refractivity contribution in [3.63, 3.8) is 0 Å². The van der Waals surface area contributed by atoms with Crippen molar-refractivity contribution in [3.8, 4) is 23.0 Å². The molecule has 1 amide bonds. The predicted octanol–water partition coefficient (Wildman–Crippen LogP) is 3.15. The molecule has 2 aromatic carbocycles. The number of nitrogens with zero attached hydrogens (tertiary/aromatic N) is 4. The Morgan fingerprint density at radius 3 is 2.31 bits per heavy atom. The van der Waals surface area contributed by atoms with E-state index in [0.29, 0.717) is 28.5 Å². The van der Waals surface area contributed by atoms with E-state index in [1.165, 1.54) is 11.7 Å². The molecule has 0 aliphatic heterocycles. The zero-order chi connectivity index (χ0) is 20.4. The van der Waals surface area contributed by atoms with Gasteiger partial charge in [0.2, 0.25) is 0 Å². The van der Waals surface area contributed by atoms with E-state index in [2.05, 4.69) is 15.5 Å². The van der Waals surface area contributed by atoms with E-state index in [0.717, 1.165) is 4.68 Å². The molecule has 146 valence electrons. The van der Waals surface area contributed by atoms with E-state index in [4.69, 9.17) is 9.15 Å². The molecule has 0 bridgehead atoms. The lowest BCUT2D eigenvalue weighted by Crippen LogP contribution is -2.19. The third-order valence-corrected chi connectivity index (χ3v) is 4.19. The number of ether oxygens (including phenoxy) is 1. The Kier molecular flexibility index (Phi) is 4.70. The summed E-state index contributed by atoms with van der Waals surface area (Å²) in [5.74, 6) is 0.237. The molecule has 0 fully saturated rings. The summed E-state index contributed by atoms with van der Waals surface area (Å²) in [4.78, 5) is 24.1. The molecule has 29 heavy (non-hydrogen) atoms. The van der Waals surface area contributed by atoms with Crippen molar-refractivity contribution in [1.82, 2.24) is 19.6 Å². The number of hydrogen-bond donors (Lipinski definition) is 1. The second-order valence-electron chi connectivity index (χ2n) is 6.19. The summed E-state index contributed by atoms with van der Waals surface area (Å²) in [6, 6.07) is 17.9. The van der Waals surface area contributed by atoms with Gasteiger partial charge in [0.1, 0.15) is 11.6 Å². The van der Waals surface area contributed by atoms with Gasteiger partial charge < -0.3 is 9.15 Å². The van der Waals surface area contributed by atoms with Crippen LogP contribution in [0.3, 0.4) is 0 Å². The fourth-order valence-electron chi connectivity index (χ4n) is 2.76. The minimum atomic E-state index is -0.676. The Labute approximate surface area is 165 Å². The summed E-state index contributed by atoms with van der Waals surface area (Å²) < 4.78 is 13.1. The Hall–Kier alpha value is -4.14. The fourth-order valence-corrected chi connectivity index (χ4v) is 2.76. The zero-order valence-electron chi connectivity index (χ0n) is 15.7. The number of para-hydroxylation sites is 2. The number of carbonyl (C=O) groups excluding carboxylic acids is 1. The number of hydrogen-bond acceptors (Lipinski definition) is 6. The minimum absolute atomic E-state index is 0.0594. The van der Waals surface area contributed by atoms with Gasteiger partial charge >= 0.3 is 11.8 Å². The highest BCUT2D eigenvalue weighted by molar-refractivity contribution is 5.87. The molecule has 4 rings (SSSR count). The van der Waals surface area contributed by atoms with Crippen molar-refractivity contribution < 1.29 is 13.9 Å². The summed E-state index contributed by atoms with van der Waals surface area (Å²) in [7, 11) is 1.48. The van der Waals surface area contributed by atoms with Gasteiger partial charge in [-0.3, -0.25) is 5.32 Å². The highest BCUT2D eigenvalue weighted by atomic mass is 16.6. The molecule has 0 spiro atoms. The van der Waals surface area contributed by atoms with Crippen molar-refractivity contribution >= 4 is 11.9 Å². The average Bonchev–Trinajstić information content (AvgIpc) is 3.22. The topological polar surface area (TPSA) is 104 Å². The third kappa shape index (κ3) is 3.65. The van der Waals surface area contributed by atoms with Crippen molar-refractivity contribution in [1.29, 1.82) is 0 Å². The highest BCUT2D eigenvalue weighted by Gasteiger charge is 2.23. The number of anilines is 1. The molecule has 2 heterocycles. The summed E-state index contributed by atoms with van der Waals surface area (Å²) in [5.41, 5.74) is 1.61. The Morgan fingerprint density at radius 1 is 1.03 bits per heavy atom. The molecule has 0 radical (unpaired) electrons. The first kappa shape index (κ1) is 18.2. The van der Waals surface area contributed by atoms with E-state index < -0.39 is 11.8 Å². The number of carbonyl (C=O) groups is 1. The largest absolute Gasteiger partial charge is 0.437 e. The van der Waals surface area contributed by atoms with Crippen LogP contribution in [0.5, 0.6) is 5.75 Å². The smallest absolute Gasteiger partial charge is 0.410 e. The van der Waals surface area contributed by atoms with Crippen LogP contribution in [0.15, 0.2) is 69.9 Å². The number of aromatic nitrogens is 4. The Bertz CT molecular complexity index is 1210. The standard InChI is InChI=1S/C20H17N5O4/c1-13-16(18-23-24(2)20(27)29-18)22-25(14-9-5-3-6-10-14)17(13)21-19(26)28-15-11-7-4-8-12-15/h3-12H,1-2H3,(H,21,26). The number of rotatable bonds is 4. The minimum Gasteiger partial charge on any atom is -0.410 e. The van der Waals surface area contributed by atoms with Crippen LogP contribution >= 0.6 is 0 Å². The number of amides is 1. The maximum atomic E-state index is 12.5. The van der Waals surface area contributed by atoms with Gasteiger partial charge in [-0.1, -0.05) is 36.4 Å². The highest BCUT2D eigenvalue weighted by Crippen LogP contribution is 2.29. The van der Waals surface area contributed by atoms with Crippen molar-refractivity contribution in [2.45, 2.75) is 6.92 Å². The Morgan fingerprint density at radius 2 is 1.69 bits per heavy atom. The molecule has 4 aromatic rings. The van der Waals surface area contributed by atoms with Crippen molar-refractivity contribution in [2.75, 3.05) is 5.32 Å². The van der Waals surface area contributed by atoms with E-state index in [1.807, 2.05) is 36.4 Å². The van der Waals surface area contributed by atoms with Crippen LogP contribution in [0, 0.1) is 6.92 Å². The van der Waals surface area contributed by atoms with Gasteiger partial charge in [0.15, 0.2) is 5.69 Å². The molecular weight excluding hydrogens is 374 g/mol.